The highest BCUT2D eigenvalue weighted by atomic mass is 16.6. The fourth-order valence-corrected chi connectivity index (χ4v) is 2.51. The van der Waals surface area contributed by atoms with E-state index in [0.717, 1.165) is 19.4 Å². The van der Waals surface area contributed by atoms with Gasteiger partial charge in [0.25, 0.3) is 0 Å². The molecule has 0 radical (unpaired) electrons. The molecule has 2 rings (SSSR count). The summed E-state index contributed by atoms with van der Waals surface area (Å²) in [5.74, 6) is 0.338. The van der Waals surface area contributed by atoms with Crippen molar-refractivity contribution in [2.75, 3.05) is 19.6 Å². The van der Waals surface area contributed by atoms with E-state index < -0.39 is 11.7 Å². The SMILES string of the molecule is CC(C)(C)OC(=O)NC1CCCN(CC(=O)c2ccco2)C1. The molecule has 0 aromatic carbocycles. The van der Waals surface area contributed by atoms with Crippen molar-refractivity contribution in [1.29, 1.82) is 0 Å². The van der Waals surface area contributed by atoms with Gasteiger partial charge in [0.1, 0.15) is 5.60 Å². The molecule has 0 saturated carbocycles. The van der Waals surface area contributed by atoms with E-state index >= 15 is 0 Å². The normalized spacial score (nSPS) is 19.7. The highest BCUT2D eigenvalue weighted by molar-refractivity contribution is 5.95. The van der Waals surface area contributed by atoms with Crippen LogP contribution in [0.25, 0.3) is 0 Å². The fraction of sp³-hybridized carbons (Fsp3) is 0.625. The van der Waals surface area contributed by atoms with Crippen molar-refractivity contribution in [3.8, 4) is 0 Å². The molecule has 1 saturated heterocycles. The topological polar surface area (TPSA) is 71.8 Å². The molecule has 1 unspecified atom stereocenters. The molecule has 22 heavy (non-hydrogen) atoms. The Labute approximate surface area is 130 Å². The Morgan fingerprint density at radius 3 is 2.86 bits per heavy atom. The number of hydrogen-bond acceptors (Lipinski definition) is 5. The number of alkyl carbamates (subject to hydrolysis) is 1. The van der Waals surface area contributed by atoms with Gasteiger partial charge in [-0.25, -0.2) is 4.79 Å². The Kier molecular flexibility index (Phi) is 5.24. The number of carbonyl (C=O) groups is 2. The second-order valence-corrected chi connectivity index (χ2v) is 6.62. The first kappa shape index (κ1) is 16.5. The molecule has 0 spiro atoms. The van der Waals surface area contributed by atoms with Crippen molar-refractivity contribution in [2.45, 2.75) is 45.3 Å². The molecule has 1 aromatic rings. The third-order valence-corrected chi connectivity index (χ3v) is 3.39. The zero-order chi connectivity index (χ0) is 16.2. The van der Waals surface area contributed by atoms with E-state index in [4.69, 9.17) is 9.15 Å². The number of likely N-dealkylation sites (tertiary alicyclic amines) is 1. The highest BCUT2D eigenvalue weighted by Crippen LogP contribution is 2.13. The lowest BCUT2D eigenvalue weighted by Gasteiger charge is -2.32. The van der Waals surface area contributed by atoms with Crippen LogP contribution in [-0.2, 0) is 4.74 Å². The van der Waals surface area contributed by atoms with Crippen molar-refractivity contribution in [1.82, 2.24) is 10.2 Å². The summed E-state index contributed by atoms with van der Waals surface area (Å²) in [6, 6.07) is 3.38. The van der Waals surface area contributed by atoms with Gasteiger partial charge in [0.15, 0.2) is 5.76 Å². The Morgan fingerprint density at radius 1 is 1.45 bits per heavy atom. The second-order valence-electron chi connectivity index (χ2n) is 6.62. The number of Topliss-reactive ketones (excluding diaryl/α,β-unsaturated/α-hetero) is 1. The molecule has 0 bridgehead atoms. The van der Waals surface area contributed by atoms with Crippen molar-refractivity contribution in [2.24, 2.45) is 0 Å². The molecule has 6 heteroatoms. The number of nitrogens with zero attached hydrogens (tertiary/aromatic N) is 1. The maximum atomic E-state index is 12.0. The molecule has 6 nitrogen and oxygen atoms in total. The minimum absolute atomic E-state index is 0.00741. The van der Waals surface area contributed by atoms with E-state index in [1.165, 1.54) is 6.26 Å². The smallest absolute Gasteiger partial charge is 0.407 e. The van der Waals surface area contributed by atoms with Gasteiger partial charge in [0, 0.05) is 12.6 Å². The van der Waals surface area contributed by atoms with Crippen LogP contribution in [0, 0.1) is 0 Å². The number of nitrogens with one attached hydrogen (secondary N) is 1. The summed E-state index contributed by atoms with van der Waals surface area (Å²) in [5.41, 5.74) is -0.506. The van der Waals surface area contributed by atoms with E-state index in [1.807, 2.05) is 25.7 Å². The maximum absolute atomic E-state index is 12.0. The molecule has 2 heterocycles. The molecule has 0 aliphatic carbocycles. The number of carbonyl (C=O) groups excluding carboxylic acids is 2. The van der Waals surface area contributed by atoms with Gasteiger partial charge < -0.3 is 14.5 Å². The summed E-state index contributed by atoms with van der Waals surface area (Å²) >= 11 is 0. The third kappa shape index (κ3) is 5.18. The van der Waals surface area contributed by atoms with Crippen LogP contribution in [0.3, 0.4) is 0 Å². The average Bonchev–Trinajstić information content (AvgIpc) is 2.90. The predicted octanol–water partition coefficient (Wildman–Crippen LogP) is 2.45. The second kappa shape index (κ2) is 6.96. The molecule has 122 valence electrons. The number of furan rings is 1. The first-order valence-corrected chi connectivity index (χ1v) is 7.62. The van der Waals surface area contributed by atoms with Crippen molar-refractivity contribution < 1.29 is 18.7 Å². The van der Waals surface area contributed by atoms with Crippen LogP contribution >= 0.6 is 0 Å². The molecule has 1 aliphatic rings. The molecular formula is C16H24N2O4. The number of amides is 1. The summed E-state index contributed by atoms with van der Waals surface area (Å²) in [4.78, 5) is 25.9. The quantitative estimate of drug-likeness (QED) is 0.865. The number of ketones is 1. The van der Waals surface area contributed by atoms with E-state index in [-0.39, 0.29) is 11.8 Å². The van der Waals surface area contributed by atoms with Crippen molar-refractivity contribution in [3.05, 3.63) is 24.2 Å². The zero-order valence-corrected chi connectivity index (χ0v) is 13.4. The van der Waals surface area contributed by atoms with Crippen molar-refractivity contribution >= 4 is 11.9 Å². The summed E-state index contributed by atoms with van der Waals surface area (Å²) in [5, 5.41) is 2.88. The first-order valence-electron chi connectivity index (χ1n) is 7.62. The van der Waals surface area contributed by atoms with Gasteiger partial charge in [-0.3, -0.25) is 9.69 Å². The van der Waals surface area contributed by atoms with Crippen LogP contribution in [0.2, 0.25) is 0 Å². The minimum atomic E-state index is -0.506. The van der Waals surface area contributed by atoms with Crippen LogP contribution < -0.4 is 5.32 Å². The van der Waals surface area contributed by atoms with E-state index in [2.05, 4.69) is 5.32 Å². The lowest BCUT2D eigenvalue weighted by Crippen LogP contribution is -2.49. The molecule has 1 N–H and O–H groups in total. The molecule has 1 atom stereocenters. The maximum Gasteiger partial charge on any atom is 0.407 e. The van der Waals surface area contributed by atoms with Crippen LogP contribution in [0.4, 0.5) is 4.79 Å². The van der Waals surface area contributed by atoms with Crippen LogP contribution in [0.5, 0.6) is 0 Å². The van der Waals surface area contributed by atoms with Gasteiger partial charge in [0.05, 0.1) is 12.8 Å². The van der Waals surface area contributed by atoms with Gasteiger partial charge in [-0.1, -0.05) is 0 Å². The first-order chi connectivity index (χ1) is 10.3. The summed E-state index contributed by atoms with van der Waals surface area (Å²) in [6.45, 7) is 7.30. The largest absolute Gasteiger partial charge is 0.461 e. The minimum Gasteiger partial charge on any atom is -0.461 e. The number of hydrogen-bond donors (Lipinski definition) is 1. The molecule has 1 amide bonds. The lowest BCUT2D eigenvalue weighted by atomic mass is 10.1. The Bertz CT molecular complexity index is 505. The summed E-state index contributed by atoms with van der Waals surface area (Å²) < 4.78 is 10.4. The summed E-state index contributed by atoms with van der Waals surface area (Å²) in [6.07, 6.45) is 2.92. The molecule has 1 fully saturated rings. The third-order valence-electron chi connectivity index (χ3n) is 3.39. The van der Waals surface area contributed by atoms with Gasteiger partial charge >= 0.3 is 6.09 Å². The van der Waals surface area contributed by atoms with Crippen LogP contribution in [0.1, 0.15) is 44.2 Å². The number of piperidine rings is 1. The Hall–Kier alpha value is -1.82. The standard InChI is InChI=1S/C16H24N2O4/c1-16(2,3)22-15(20)17-12-6-4-8-18(10-12)11-13(19)14-7-5-9-21-14/h5,7,9,12H,4,6,8,10-11H2,1-3H3,(H,17,20). The van der Waals surface area contributed by atoms with Crippen molar-refractivity contribution in [3.63, 3.8) is 0 Å². The Morgan fingerprint density at radius 2 is 2.23 bits per heavy atom. The highest BCUT2D eigenvalue weighted by Gasteiger charge is 2.25. The van der Waals surface area contributed by atoms with E-state index in [9.17, 15) is 9.59 Å². The number of ether oxygens (including phenoxy) is 1. The van der Waals surface area contributed by atoms with Gasteiger partial charge in [-0.15, -0.1) is 0 Å². The average molecular weight is 308 g/mol. The van der Waals surface area contributed by atoms with E-state index in [0.29, 0.717) is 18.8 Å². The van der Waals surface area contributed by atoms with Gasteiger partial charge in [-0.05, 0) is 52.3 Å². The summed E-state index contributed by atoms with van der Waals surface area (Å²) in [7, 11) is 0. The van der Waals surface area contributed by atoms with Crippen LogP contribution in [0.15, 0.2) is 22.8 Å². The monoisotopic (exact) mass is 308 g/mol. The van der Waals surface area contributed by atoms with Crippen LogP contribution in [-0.4, -0.2) is 48.1 Å². The Balaban J connectivity index is 1.81. The number of rotatable bonds is 4. The molecule has 1 aromatic heterocycles. The molecular weight excluding hydrogens is 284 g/mol. The fourth-order valence-electron chi connectivity index (χ4n) is 2.51. The lowest BCUT2D eigenvalue weighted by molar-refractivity contribution is 0.0472. The van der Waals surface area contributed by atoms with Gasteiger partial charge in [-0.2, -0.15) is 0 Å². The van der Waals surface area contributed by atoms with E-state index in [1.54, 1.807) is 12.1 Å². The zero-order valence-electron chi connectivity index (χ0n) is 13.4. The van der Waals surface area contributed by atoms with Gasteiger partial charge in [0.2, 0.25) is 5.78 Å². The predicted molar refractivity (Wildman–Crippen MR) is 81.9 cm³/mol. The molecule has 1 aliphatic heterocycles.